The SMILES string of the molecule is CC(C)CC(NC(=O)Cc1ccc(NC(=C[N+](=O)[O-])Nc2ccc([N+](=O)[O-])cc2)cc1)C(=O)NC(CN1CCN(CC(NC(=O)CC(C)(C)C)C(=O)O)CC1)C(=O)O. The van der Waals surface area contributed by atoms with Crippen molar-refractivity contribution in [2.24, 2.45) is 11.3 Å². The van der Waals surface area contributed by atoms with E-state index < -0.39 is 51.7 Å². The van der Waals surface area contributed by atoms with E-state index in [-0.39, 0.29) is 61.1 Å². The molecule has 3 rings (SSSR count). The zero-order valence-electron chi connectivity index (χ0n) is 33.2. The van der Waals surface area contributed by atoms with E-state index in [9.17, 15) is 54.4 Å². The molecule has 1 aliphatic rings. The van der Waals surface area contributed by atoms with E-state index >= 15 is 0 Å². The number of carbonyl (C=O) groups excluding carboxylic acids is 3. The quantitative estimate of drug-likeness (QED) is 0.0705. The number of nitro benzene ring substituents is 1. The van der Waals surface area contributed by atoms with Gasteiger partial charge < -0.3 is 36.8 Å². The summed E-state index contributed by atoms with van der Waals surface area (Å²) in [5.41, 5.74) is 0.885. The highest BCUT2D eigenvalue weighted by Gasteiger charge is 2.31. The van der Waals surface area contributed by atoms with Crippen molar-refractivity contribution >= 4 is 46.7 Å². The Bertz CT molecular complexity index is 1800. The molecule has 0 bridgehead atoms. The van der Waals surface area contributed by atoms with Gasteiger partial charge in [0.2, 0.25) is 17.7 Å². The molecule has 3 amide bonds. The number of amides is 3. The van der Waals surface area contributed by atoms with Crippen molar-refractivity contribution in [2.45, 2.75) is 72.0 Å². The normalized spacial score (nSPS) is 15.4. The van der Waals surface area contributed by atoms with Crippen LogP contribution in [0.5, 0.6) is 0 Å². The van der Waals surface area contributed by atoms with Crippen LogP contribution in [0, 0.1) is 31.6 Å². The highest BCUT2D eigenvalue weighted by Crippen LogP contribution is 2.20. The number of aliphatic carboxylic acids is 2. The number of nitrogens with zero attached hydrogens (tertiary/aromatic N) is 4. The predicted octanol–water partition coefficient (Wildman–Crippen LogP) is 2.46. The molecule has 2 aromatic carbocycles. The van der Waals surface area contributed by atoms with Crippen LogP contribution >= 0.6 is 0 Å². The Kier molecular flexibility index (Phi) is 17.1. The third kappa shape index (κ3) is 16.5. The molecular weight excluding hydrogens is 758 g/mol. The van der Waals surface area contributed by atoms with Gasteiger partial charge in [0.15, 0.2) is 5.82 Å². The van der Waals surface area contributed by atoms with Gasteiger partial charge >= 0.3 is 11.9 Å². The van der Waals surface area contributed by atoms with E-state index in [1.165, 1.54) is 24.3 Å². The third-order valence-corrected chi connectivity index (χ3v) is 8.83. The molecule has 1 saturated heterocycles. The molecule has 7 N–H and O–H groups in total. The second kappa shape index (κ2) is 21.4. The van der Waals surface area contributed by atoms with Gasteiger partial charge in [0.25, 0.3) is 11.9 Å². The predicted molar refractivity (Wildman–Crippen MR) is 213 cm³/mol. The molecular formula is C38H53N9O11. The number of rotatable bonds is 21. The average Bonchev–Trinajstić information content (AvgIpc) is 3.11. The van der Waals surface area contributed by atoms with Crippen LogP contribution in [-0.4, -0.2) is 117 Å². The van der Waals surface area contributed by atoms with E-state index in [4.69, 9.17) is 0 Å². The maximum Gasteiger partial charge on any atom is 0.327 e. The number of nitrogens with one attached hydrogen (secondary N) is 5. The fourth-order valence-electron chi connectivity index (χ4n) is 6.06. The summed E-state index contributed by atoms with van der Waals surface area (Å²) < 4.78 is 0. The number of carbonyl (C=O) groups is 5. The van der Waals surface area contributed by atoms with Crippen molar-refractivity contribution < 1.29 is 44.0 Å². The van der Waals surface area contributed by atoms with Gasteiger partial charge in [0, 0.05) is 69.2 Å². The van der Waals surface area contributed by atoms with Crippen LogP contribution < -0.4 is 26.6 Å². The lowest BCUT2D eigenvalue weighted by Gasteiger charge is -2.37. The molecule has 1 heterocycles. The molecule has 1 fully saturated rings. The average molecular weight is 812 g/mol. The molecule has 0 aromatic heterocycles. The van der Waals surface area contributed by atoms with Gasteiger partial charge in [-0.3, -0.25) is 44.4 Å². The third-order valence-electron chi connectivity index (χ3n) is 8.83. The first kappa shape index (κ1) is 46.2. The van der Waals surface area contributed by atoms with Gasteiger partial charge in [-0.1, -0.05) is 46.8 Å². The lowest BCUT2D eigenvalue weighted by atomic mass is 9.92. The molecule has 20 heteroatoms. The summed E-state index contributed by atoms with van der Waals surface area (Å²) in [6.07, 6.45) is 0.966. The Morgan fingerprint density at radius 3 is 1.64 bits per heavy atom. The molecule has 3 atom stereocenters. The molecule has 20 nitrogen and oxygen atoms in total. The number of carboxylic acid groups (broad SMARTS) is 2. The number of carboxylic acids is 2. The van der Waals surface area contributed by atoms with Crippen molar-refractivity contribution in [3.8, 4) is 0 Å². The van der Waals surface area contributed by atoms with E-state index in [0.29, 0.717) is 49.3 Å². The number of nitro groups is 2. The van der Waals surface area contributed by atoms with Gasteiger partial charge in [0.05, 0.1) is 16.3 Å². The topological polar surface area (TPSA) is 279 Å². The smallest absolute Gasteiger partial charge is 0.327 e. The summed E-state index contributed by atoms with van der Waals surface area (Å²) in [5, 5.41) is 55.4. The van der Waals surface area contributed by atoms with Gasteiger partial charge in [-0.2, -0.15) is 0 Å². The minimum atomic E-state index is -1.29. The second-order valence-electron chi connectivity index (χ2n) is 15.7. The molecule has 0 spiro atoms. The van der Waals surface area contributed by atoms with Crippen molar-refractivity contribution in [3.63, 3.8) is 0 Å². The lowest BCUT2D eigenvalue weighted by molar-refractivity contribution is -0.403. The second-order valence-corrected chi connectivity index (χ2v) is 15.7. The molecule has 0 radical (unpaired) electrons. The number of hydrogen-bond acceptors (Lipinski definition) is 13. The van der Waals surface area contributed by atoms with Crippen LogP contribution in [0.25, 0.3) is 0 Å². The molecule has 58 heavy (non-hydrogen) atoms. The maximum absolute atomic E-state index is 13.4. The fraction of sp³-hybridized carbons (Fsp3) is 0.500. The van der Waals surface area contributed by atoms with Crippen molar-refractivity contribution in [1.82, 2.24) is 25.8 Å². The number of benzene rings is 2. The summed E-state index contributed by atoms with van der Waals surface area (Å²) in [7, 11) is 0. The number of piperazine rings is 1. The molecule has 1 aliphatic heterocycles. The molecule has 0 saturated carbocycles. The van der Waals surface area contributed by atoms with E-state index in [1.807, 2.05) is 44.4 Å². The van der Waals surface area contributed by atoms with Gasteiger partial charge in [-0.05, 0) is 47.6 Å². The summed E-state index contributed by atoms with van der Waals surface area (Å²) in [5.74, 6) is -3.98. The van der Waals surface area contributed by atoms with Crippen LogP contribution in [0.4, 0.5) is 17.1 Å². The van der Waals surface area contributed by atoms with Crippen LogP contribution in [0.2, 0.25) is 0 Å². The van der Waals surface area contributed by atoms with Gasteiger partial charge in [0.1, 0.15) is 18.1 Å². The molecule has 316 valence electrons. The van der Waals surface area contributed by atoms with E-state index in [2.05, 4.69) is 26.6 Å². The Morgan fingerprint density at radius 2 is 1.21 bits per heavy atom. The summed E-state index contributed by atoms with van der Waals surface area (Å²) in [4.78, 5) is 87.7. The highest BCUT2D eigenvalue weighted by atomic mass is 16.6. The van der Waals surface area contributed by atoms with Crippen LogP contribution in [0.1, 0.15) is 53.0 Å². The summed E-state index contributed by atoms with van der Waals surface area (Å²) in [6, 6.07) is 8.25. The van der Waals surface area contributed by atoms with Crippen molar-refractivity contribution in [1.29, 1.82) is 0 Å². The first-order chi connectivity index (χ1) is 27.2. The van der Waals surface area contributed by atoms with E-state index in [0.717, 1.165) is 0 Å². The number of anilines is 2. The zero-order valence-corrected chi connectivity index (χ0v) is 33.2. The summed E-state index contributed by atoms with van der Waals surface area (Å²) in [6.45, 7) is 11.0. The Morgan fingerprint density at radius 1 is 0.741 bits per heavy atom. The monoisotopic (exact) mass is 811 g/mol. The largest absolute Gasteiger partial charge is 0.480 e. The Balaban J connectivity index is 1.56. The minimum Gasteiger partial charge on any atom is -0.480 e. The lowest BCUT2D eigenvalue weighted by Crippen LogP contribution is -2.58. The molecule has 3 unspecified atom stereocenters. The Labute approximate surface area is 335 Å². The van der Waals surface area contributed by atoms with E-state index in [1.54, 1.807) is 24.3 Å². The number of non-ortho nitro benzene ring substituents is 1. The standard InChI is InChI=1S/C38H53N9O11/c1-24(2)18-29(35(50)43-31(37(53)54)22-45-16-14-44(15-17-45)21-30(36(51)52)42-34(49)20-38(3,4)5)41-33(48)19-25-6-8-26(9-7-25)39-32(23-46(55)56)40-27-10-12-28(13-11-27)47(57)58/h6-13,23-24,29-31,39-40H,14-22H2,1-5H3,(H,41,48)(H,42,49)(H,43,50)(H,51,52)(H,53,54). The number of hydrogen-bond donors (Lipinski definition) is 7. The minimum absolute atomic E-state index is 0.0235. The van der Waals surface area contributed by atoms with Gasteiger partial charge in [-0.15, -0.1) is 0 Å². The first-order valence-electron chi connectivity index (χ1n) is 18.7. The molecule has 0 aliphatic carbocycles. The van der Waals surface area contributed by atoms with Crippen LogP contribution in [0.3, 0.4) is 0 Å². The maximum atomic E-state index is 13.4. The zero-order chi connectivity index (χ0) is 43.2. The fourth-order valence-corrected chi connectivity index (χ4v) is 6.06. The molecule has 2 aromatic rings. The van der Waals surface area contributed by atoms with Crippen LogP contribution in [-0.2, 0) is 30.4 Å². The Hall–Kier alpha value is -6.15. The van der Waals surface area contributed by atoms with Crippen molar-refractivity contribution in [2.75, 3.05) is 49.9 Å². The van der Waals surface area contributed by atoms with Crippen LogP contribution in [0.15, 0.2) is 60.6 Å². The highest BCUT2D eigenvalue weighted by molar-refractivity contribution is 5.91. The summed E-state index contributed by atoms with van der Waals surface area (Å²) >= 11 is 0. The van der Waals surface area contributed by atoms with Gasteiger partial charge in [-0.25, -0.2) is 9.59 Å². The first-order valence-corrected chi connectivity index (χ1v) is 18.7. The van der Waals surface area contributed by atoms with Crippen molar-refractivity contribution in [3.05, 3.63) is 86.3 Å².